The predicted molar refractivity (Wildman–Crippen MR) is 54.8 cm³/mol. The van der Waals surface area contributed by atoms with Gasteiger partial charge in [0.25, 0.3) is 0 Å². The molecule has 1 amide bonds. The van der Waals surface area contributed by atoms with Gasteiger partial charge in [0, 0.05) is 25.4 Å². The number of halogens is 1. The van der Waals surface area contributed by atoms with Gasteiger partial charge in [-0.05, 0) is 19.3 Å². The maximum Gasteiger partial charge on any atom is 0.225 e. The molecule has 0 aromatic carbocycles. The third kappa shape index (κ3) is 2.73. The lowest BCUT2D eigenvalue weighted by molar-refractivity contribution is -0.133. The third-order valence-corrected chi connectivity index (χ3v) is 2.71. The monoisotopic (exact) mass is 201 g/mol. The van der Waals surface area contributed by atoms with Crippen molar-refractivity contribution in [2.75, 3.05) is 14.1 Å². The zero-order chi connectivity index (χ0) is 10.0. The molecule has 74 valence electrons. The molecular weight excluding hydrogens is 186 g/mol. The molecule has 0 spiro atoms. The van der Waals surface area contributed by atoms with E-state index in [9.17, 15) is 4.79 Å². The summed E-state index contributed by atoms with van der Waals surface area (Å²) in [5.41, 5.74) is 1.10. The number of amides is 1. The molecule has 0 aromatic rings. The van der Waals surface area contributed by atoms with E-state index in [1.807, 2.05) is 0 Å². The van der Waals surface area contributed by atoms with E-state index in [2.05, 4.69) is 6.58 Å². The summed E-state index contributed by atoms with van der Waals surface area (Å²) in [7, 11) is 3.56. The summed E-state index contributed by atoms with van der Waals surface area (Å²) in [4.78, 5) is 13.2. The lowest BCUT2D eigenvalue weighted by Gasteiger charge is -2.28. The summed E-state index contributed by atoms with van der Waals surface area (Å²) in [6.07, 6.45) is 2.45. The van der Waals surface area contributed by atoms with Crippen molar-refractivity contribution in [2.24, 2.45) is 5.92 Å². The van der Waals surface area contributed by atoms with Crippen molar-refractivity contribution in [2.45, 2.75) is 24.6 Å². The Morgan fingerprint density at radius 3 is 2.62 bits per heavy atom. The van der Waals surface area contributed by atoms with E-state index < -0.39 is 0 Å². The molecule has 3 heteroatoms. The molecule has 0 N–H and O–H groups in total. The Balaban J connectivity index is 2.60. The summed E-state index contributed by atoms with van der Waals surface area (Å²) in [5.74, 6) is 0.227. The second-order valence-corrected chi connectivity index (χ2v) is 4.54. The van der Waals surface area contributed by atoms with Gasteiger partial charge in [0.2, 0.25) is 5.91 Å². The van der Waals surface area contributed by atoms with Crippen LogP contribution in [0.5, 0.6) is 0 Å². The largest absolute Gasteiger partial charge is 0.349 e. The van der Waals surface area contributed by atoms with E-state index in [1.54, 1.807) is 19.0 Å². The fourth-order valence-electron chi connectivity index (χ4n) is 1.77. The average molecular weight is 202 g/mol. The van der Waals surface area contributed by atoms with Crippen LogP contribution >= 0.6 is 11.6 Å². The van der Waals surface area contributed by atoms with Gasteiger partial charge in [-0.3, -0.25) is 4.79 Å². The van der Waals surface area contributed by atoms with Crippen LogP contribution in [0.3, 0.4) is 0 Å². The van der Waals surface area contributed by atoms with Crippen molar-refractivity contribution in [1.29, 1.82) is 0 Å². The first-order chi connectivity index (χ1) is 6.00. The quantitative estimate of drug-likeness (QED) is 0.470. The molecule has 0 heterocycles. The Hall–Kier alpha value is -0.500. The van der Waals surface area contributed by atoms with E-state index in [0.717, 1.165) is 24.8 Å². The van der Waals surface area contributed by atoms with Crippen LogP contribution in [0.4, 0.5) is 0 Å². The molecule has 0 saturated heterocycles. The van der Waals surface area contributed by atoms with Crippen molar-refractivity contribution in [3.05, 3.63) is 12.2 Å². The fourth-order valence-corrected chi connectivity index (χ4v) is 2.21. The van der Waals surface area contributed by atoms with Crippen molar-refractivity contribution >= 4 is 17.5 Å². The molecule has 1 rings (SSSR count). The van der Waals surface area contributed by atoms with Crippen LogP contribution in [-0.2, 0) is 4.79 Å². The molecule has 0 aliphatic heterocycles. The number of hydrogen-bond acceptors (Lipinski definition) is 1. The zero-order valence-corrected chi connectivity index (χ0v) is 8.97. The minimum absolute atomic E-state index is 0.0544. The molecule has 1 aliphatic carbocycles. The lowest BCUT2D eigenvalue weighted by atomic mass is 9.85. The van der Waals surface area contributed by atoms with Gasteiger partial charge in [-0.15, -0.1) is 11.6 Å². The number of carbonyl (C=O) groups is 1. The molecule has 0 aromatic heterocycles. The van der Waals surface area contributed by atoms with E-state index in [1.165, 1.54) is 0 Å². The van der Waals surface area contributed by atoms with Gasteiger partial charge in [-0.25, -0.2) is 0 Å². The average Bonchev–Trinajstić information content (AvgIpc) is 2.01. The van der Waals surface area contributed by atoms with Crippen LogP contribution in [-0.4, -0.2) is 30.3 Å². The van der Waals surface area contributed by atoms with Crippen LogP contribution < -0.4 is 0 Å². The van der Waals surface area contributed by atoms with Crippen LogP contribution in [0.2, 0.25) is 0 Å². The fraction of sp³-hybridized carbons (Fsp3) is 0.700. The van der Waals surface area contributed by atoms with Gasteiger partial charge in [0.1, 0.15) is 0 Å². The summed E-state index contributed by atoms with van der Waals surface area (Å²) in [6.45, 7) is 3.90. The van der Waals surface area contributed by atoms with Crippen molar-refractivity contribution in [3.8, 4) is 0 Å². The van der Waals surface area contributed by atoms with E-state index >= 15 is 0 Å². The van der Waals surface area contributed by atoms with Gasteiger partial charge in [-0.1, -0.05) is 12.2 Å². The SMILES string of the molecule is C=C1CC(Cl)CC(C(=O)N(C)C)C1. The van der Waals surface area contributed by atoms with Crippen LogP contribution in [0.25, 0.3) is 0 Å². The van der Waals surface area contributed by atoms with Crippen LogP contribution in [0.15, 0.2) is 12.2 Å². The molecule has 1 saturated carbocycles. The Morgan fingerprint density at radius 2 is 2.15 bits per heavy atom. The van der Waals surface area contributed by atoms with Crippen LogP contribution in [0, 0.1) is 5.92 Å². The second kappa shape index (κ2) is 4.14. The highest BCUT2D eigenvalue weighted by Crippen LogP contribution is 2.31. The topological polar surface area (TPSA) is 20.3 Å². The van der Waals surface area contributed by atoms with E-state index in [0.29, 0.717) is 0 Å². The molecule has 0 bridgehead atoms. The zero-order valence-electron chi connectivity index (χ0n) is 8.22. The molecule has 2 atom stereocenters. The second-order valence-electron chi connectivity index (χ2n) is 3.92. The Morgan fingerprint density at radius 1 is 1.54 bits per heavy atom. The minimum atomic E-state index is 0.0544. The summed E-state index contributed by atoms with van der Waals surface area (Å²) in [5, 5.41) is 0.0927. The molecule has 1 fully saturated rings. The van der Waals surface area contributed by atoms with E-state index in [4.69, 9.17) is 11.6 Å². The first-order valence-corrected chi connectivity index (χ1v) is 4.96. The number of carbonyl (C=O) groups excluding carboxylic acids is 1. The number of allylic oxidation sites excluding steroid dienone is 1. The Bertz CT molecular complexity index is 225. The molecule has 0 radical (unpaired) electrons. The van der Waals surface area contributed by atoms with Gasteiger partial charge >= 0.3 is 0 Å². The highest BCUT2D eigenvalue weighted by atomic mass is 35.5. The lowest BCUT2D eigenvalue weighted by Crippen LogP contribution is -2.33. The predicted octanol–water partition coefficient (Wildman–Crippen LogP) is 2.04. The maximum absolute atomic E-state index is 11.6. The van der Waals surface area contributed by atoms with Gasteiger partial charge in [-0.2, -0.15) is 0 Å². The minimum Gasteiger partial charge on any atom is -0.349 e. The molecule has 1 aliphatic rings. The molecular formula is C10H16ClNO. The highest BCUT2D eigenvalue weighted by molar-refractivity contribution is 6.21. The first-order valence-electron chi connectivity index (χ1n) is 4.52. The smallest absolute Gasteiger partial charge is 0.225 e. The van der Waals surface area contributed by atoms with Crippen molar-refractivity contribution in [1.82, 2.24) is 4.90 Å². The standard InChI is InChI=1S/C10H16ClNO/c1-7-4-8(6-9(11)5-7)10(13)12(2)3/h8-9H,1,4-6H2,2-3H3. The summed E-state index contributed by atoms with van der Waals surface area (Å²) >= 11 is 6.02. The van der Waals surface area contributed by atoms with E-state index in [-0.39, 0.29) is 17.2 Å². The third-order valence-electron chi connectivity index (χ3n) is 2.38. The number of rotatable bonds is 1. The first kappa shape index (κ1) is 10.6. The summed E-state index contributed by atoms with van der Waals surface area (Å²) in [6, 6.07) is 0. The van der Waals surface area contributed by atoms with Crippen LogP contribution in [0.1, 0.15) is 19.3 Å². The normalized spacial score (nSPS) is 28.7. The Kier molecular flexibility index (Phi) is 3.37. The number of hydrogen-bond donors (Lipinski definition) is 0. The maximum atomic E-state index is 11.6. The molecule has 13 heavy (non-hydrogen) atoms. The van der Waals surface area contributed by atoms with Gasteiger partial charge in [0.15, 0.2) is 0 Å². The van der Waals surface area contributed by atoms with Gasteiger partial charge < -0.3 is 4.90 Å². The van der Waals surface area contributed by atoms with Crippen molar-refractivity contribution < 1.29 is 4.79 Å². The number of alkyl halides is 1. The van der Waals surface area contributed by atoms with Gasteiger partial charge in [0.05, 0.1) is 0 Å². The molecule has 2 unspecified atom stereocenters. The van der Waals surface area contributed by atoms with Crippen molar-refractivity contribution in [3.63, 3.8) is 0 Å². The Labute approximate surface area is 84.6 Å². The summed E-state index contributed by atoms with van der Waals surface area (Å²) < 4.78 is 0. The highest BCUT2D eigenvalue weighted by Gasteiger charge is 2.28. The number of nitrogens with zero attached hydrogens (tertiary/aromatic N) is 1. The molecule has 2 nitrogen and oxygen atoms in total.